The molecule has 1 atom stereocenters. The zero-order valence-electron chi connectivity index (χ0n) is 23.0. The molecule has 1 aliphatic carbocycles. The molecule has 1 unspecified atom stereocenters. The fraction of sp³-hybridized carbons (Fsp3) is 0.484. The van der Waals surface area contributed by atoms with Crippen molar-refractivity contribution in [3.8, 4) is 0 Å². The van der Waals surface area contributed by atoms with E-state index in [0.29, 0.717) is 5.92 Å². The predicted molar refractivity (Wildman–Crippen MR) is 159 cm³/mol. The summed E-state index contributed by atoms with van der Waals surface area (Å²) < 4.78 is 1.94. The van der Waals surface area contributed by atoms with Gasteiger partial charge in [-0.1, -0.05) is 35.5 Å². The van der Waals surface area contributed by atoms with Crippen LogP contribution in [0.4, 0.5) is 0 Å². The lowest BCUT2D eigenvalue weighted by Gasteiger charge is -2.23. The van der Waals surface area contributed by atoms with Crippen molar-refractivity contribution in [1.82, 2.24) is 15.1 Å². The second kappa shape index (κ2) is 13.8. The summed E-state index contributed by atoms with van der Waals surface area (Å²) in [4.78, 5) is 5.08. The van der Waals surface area contributed by atoms with Crippen LogP contribution in [0.3, 0.4) is 0 Å². The second-order valence-electron chi connectivity index (χ2n) is 9.91. The number of thioether (sulfide) groups is 1. The Morgan fingerprint density at radius 3 is 2.75 bits per heavy atom. The van der Waals surface area contributed by atoms with Crippen LogP contribution in [-0.4, -0.2) is 34.8 Å². The molecular formula is C31H44N4S. The Morgan fingerprint density at radius 2 is 2.06 bits per heavy atom. The van der Waals surface area contributed by atoms with Gasteiger partial charge in [0.1, 0.15) is 5.03 Å². The van der Waals surface area contributed by atoms with Crippen LogP contribution in [0.2, 0.25) is 0 Å². The standard InChI is InChI=1S/C31H44N4S/c1-8-25(19-26-14-12-18-32-20-23(26)5)16-17-27-22(4)13-11-15-28(27)29(9-2)34-30(10-3)35-31(36-7)24(6)21-33-35/h8-10,15,21,25,32H,1-2,11-14,16-20H2,3-7H3/b30-10+,34-29+. The van der Waals surface area contributed by atoms with Gasteiger partial charge in [0, 0.05) is 12.1 Å². The van der Waals surface area contributed by atoms with E-state index in [9.17, 15) is 0 Å². The first-order valence-electron chi connectivity index (χ1n) is 13.3. The van der Waals surface area contributed by atoms with Gasteiger partial charge in [-0.15, -0.1) is 18.3 Å². The average molecular weight is 505 g/mol. The fourth-order valence-electron chi connectivity index (χ4n) is 5.21. The highest BCUT2D eigenvalue weighted by Crippen LogP contribution is 2.34. The Morgan fingerprint density at radius 1 is 1.25 bits per heavy atom. The summed E-state index contributed by atoms with van der Waals surface area (Å²) in [7, 11) is 0. The zero-order chi connectivity index (χ0) is 26.1. The molecule has 1 aliphatic heterocycles. The van der Waals surface area contributed by atoms with E-state index in [0.717, 1.165) is 67.3 Å². The molecule has 0 aromatic carbocycles. The number of hydrogen-bond acceptors (Lipinski definition) is 4. The molecule has 0 radical (unpaired) electrons. The Balaban J connectivity index is 1.82. The van der Waals surface area contributed by atoms with Crippen LogP contribution in [0.25, 0.3) is 5.82 Å². The number of aromatic nitrogens is 2. The molecule has 5 heteroatoms. The molecule has 36 heavy (non-hydrogen) atoms. The van der Waals surface area contributed by atoms with Crippen LogP contribution in [0.15, 0.2) is 81.5 Å². The summed E-state index contributed by atoms with van der Waals surface area (Å²) in [6.45, 7) is 19.2. The minimum absolute atomic E-state index is 0.489. The number of allylic oxidation sites excluding steroid dienone is 8. The maximum Gasteiger partial charge on any atom is 0.151 e. The third-order valence-corrected chi connectivity index (χ3v) is 8.29. The van der Waals surface area contributed by atoms with Crippen molar-refractivity contribution < 1.29 is 0 Å². The van der Waals surface area contributed by atoms with Crippen molar-refractivity contribution in [3.63, 3.8) is 0 Å². The number of aryl methyl sites for hydroxylation is 1. The first-order chi connectivity index (χ1) is 17.4. The molecule has 0 spiro atoms. The van der Waals surface area contributed by atoms with Gasteiger partial charge in [-0.25, -0.2) is 9.67 Å². The summed E-state index contributed by atoms with van der Waals surface area (Å²) in [6.07, 6.45) is 20.3. The third-order valence-electron chi connectivity index (χ3n) is 7.41. The van der Waals surface area contributed by atoms with Crippen molar-refractivity contribution in [1.29, 1.82) is 0 Å². The fourth-order valence-corrected chi connectivity index (χ4v) is 5.90. The lowest BCUT2D eigenvalue weighted by Crippen LogP contribution is -2.15. The largest absolute Gasteiger partial charge is 0.313 e. The molecule has 0 bridgehead atoms. The van der Waals surface area contributed by atoms with Crippen LogP contribution in [0.1, 0.15) is 71.3 Å². The molecule has 1 aromatic heterocycles. The molecule has 3 rings (SSSR count). The van der Waals surface area contributed by atoms with Gasteiger partial charge < -0.3 is 5.32 Å². The van der Waals surface area contributed by atoms with E-state index in [1.165, 1.54) is 35.1 Å². The van der Waals surface area contributed by atoms with Crippen molar-refractivity contribution in [3.05, 3.63) is 77.1 Å². The van der Waals surface area contributed by atoms with Gasteiger partial charge in [-0.05, 0) is 115 Å². The van der Waals surface area contributed by atoms with Gasteiger partial charge in [0.2, 0.25) is 0 Å². The summed E-state index contributed by atoms with van der Waals surface area (Å²) >= 11 is 1.70. The smallest absolute Gasteiger partial charge is 0.151 e. The topological polar surface area (TPSA) is 42.2 Å². The van der Waals surface area contributed by atoms with Crippen molar-refractivity contribution in [2.45, 2.75) is 77.7 Å². The highest BCUT2D eigenvalue weighted by atomic mass is 32.2. The quantitative estimate of drug-likeness (QED) is 0.188. The number of aliphatic imine (C=N–C) groups is 1. The number of nitrogens with zero attached hydrogens (tertiary/aromatic N) is 3. The van der Waals surface area contributed by atoms with Gasteiger partial charge in [0.15, 0.2) is 5.82 Å². The van der Waals surface area contributed by atoms with E-state index in [4.69, 9.17) is 4.99 Å². The maximum absolute atomic E-state index is 5.08. The summed E-state index contributed by atoms with van der Waals surface area (Å²) in [5.41, 5.74) is 9.38. The molecule has 1 N–H and O–H groups in total. The number of hydrogen-bond donors (Lipinski definition) is 1. The van der Waals surface area contributed by atoms with Crippen molar-refractivity contribution in [2.75, 3.05) is 19.3 Å². The van der Waals surface area contributed by atoms with Crippen LogP contribution in [-0.2, 0) is 0 Å². The van der Waals surface area contributed by atoms with Crippen LogP contribution in [0, 0.1) is 12.8 Å². The molecule has 2 aliphatic rings. The molecule has 0 saturated heterocycles. The normalized spacial score (nSPS) is 18.8. The molecule has 1 aromatic rings. The van der Waals surface area contributed by atoms with E-state index in [2.05, 4.69) is 62.8 Å². The zero-order valence-corrected chi connectivity index (χ0v) is 23.8. The number of rotatable bonds is 11. The first-order valence-corrected chi connectivity index (χ1v) is 14.5. The van der Waals surface area contributed by atoms with Gasteiger partial charge in [0.25, 0.3) is 0 Å². The monoisotopic (exact) mass is 504 g/mol. The molecule has 194 valence electrons. The van der Waals surface area contributed by atoms with Crippen LogP contribution in [0.5, 0.6) is 0 Å². The maximum atomic E-state index is 5.08. The highest BCUT2D eigenvalue weighted by Gasteiger charge is 2.20. The van der Waals surface area contributed by atoms with Crippen LogP contribution >= 0.6 is 11.8 Å². The molecular weight excluding hydrogens is 460 g/mol. The second-order valence-corrected chi connectivity index (χ2v) is 10.7. The molecule has 4 nitrogen and oxygen atoms in total. The van der Waals surface area contributed by atoms with Gasteiger partial charge in [0.05, 0.1) is 11.9 Å². The van der Waals surface area contributed by atoms with E-state index >= 15 is 0 Å². The minimum atomic E-state index is 0.489. The van der Waals surface area contributed by atoms with E-state index in [-0.39, 0.29) is 0 Å². The highest BCUT2D eigenvalue weighted by molar-refractivity contribution is 7.98. The number of nitrogens with one attached hydrogen (secondary N) is 1. The van der Waals surface area contributed by atoms with Crippen molar-refractivity contribution >= 4 is 23.3 Å². The summed E-state index contributed by atoms with van der Waals surface area (Å²) in [6, 6.07) is 0. The van der Waals surface area contributed by atoms with Gasteiger partial charge in [-0.3, -0.25) is 0 Å². The Labute approximate surface area is 223 Å². The van der Waals surface area contributed by atoms with Crippen LogP contribution < -0.4 is 5.32 Å². The first kappa shape index (κ1) is 28.2. The predicted octanol–water partition coefficient (Wildman–Crippen LogP) is 8.07. The lowest BCUT2D eigenvalue weighted by atomic mass is 9.83. The Hall–Kier alpha value is -2.37. The molecule has 0 amide bonds. The van der Waals surface area contributed by atoms with Gasteiger partial charge in [-0.2, -0.15) is 5.10 Å². The Bertz CT molecular complexity index is 1110. The lowest BCUT2D eigenvalue weighted by molar-refractivity contribution is 0.568. The van der Waals surface area contributed by atoms with E-state index in [1.54, 1.807) is 17.3 Å². The summed E-state index contributed by atoms with van der Waals surface area (Å²) in [5, 5.41) is 9.26. The van der Waals surface area contributed by atoms with E-state index in [1.807, 2.05) is 30.0 Å². The third kappa shape index (κ3) is 6.89. The minimum Gasteiger partial charge on any atom is -0.313 e. The van der Waals surface area contributed by atoms with E-state index < -0.39 is 0 Å². The van der Waals surface area contributed by atoms with Crippen molar-refractivity contribution in [2.24, 2.45) is 10.9 Å². The Kier molecular flexibility index (Phi) is 10.8. The average Bonchev–Trinajstić information content (AvgIpc) is 3.13. The molecule has 0 fully saturated rings. The summed E-state index contributed by atoms with van der Waals surface area (Å²) in [5.74, 6) is 1.32. The molecule has 0 saturated carbocycles. The molecule has 2 heterocycles. The van der Waals surface area contributed by atoms with Gasteiger partial charge >= 0.3 is 0 Å². The SMILES string of the molecule is C=C/C(=N\C(=C/C)n1ncc(C)c1SC)C1=CCCC(C)=C1CCC(C=C)CC1=C(C)CNCCC1.